The summed E-state index contributed by atoms with van der Waals surface area (Å²) >= 11 is 0. The molecule has 0 aromatic heterocycles. The normalized spacial score (nSPS) is 14.0. The van der Waals surface area contributed by atoms with Crippen LogP contribution in [0.2, 0.25) is 0 Å². The Morgan fingerprint density at radius 1 is 1.04 bits per heavy atom. The summed E-state index contributed by atoms with van der Waals surface area (Å²) in [6, 6.07) is 23.8. The topological polar surface area (TPSA) is 62.1 Å². The molecule has 27 heavy (non-hydrogen) atoms. The molecule has 4 nitrogen and oxygen atoms in total. The van der Waals surface area contributed by atoms with E-state index in [0.29, 0.717) is 5.75 Å². The number of para-hydroxylation sites is 1. The number of hydrogen-bond acceptors (Lipinski definition) is 3. The average molecular weight is 358 g/mol. The van der Waals surface area contributed by atoms with Gasteiger partial charge in [0.15, 0.2) is 0 Å². The number of amides is 1. The van der Waals surface area contributed by atoms with E-state index < -0.39 is 11.3 Å². The lowest BCUT2D eigenvalue weighted by Crippen LogP contribution is -2.41. The molecule has 0 radical (unpaired) electrons. The second kappa shape index (κ2) is 7.51. The van der Waals surface area contributed by atoms with Crippen molar-refractivity contribution in [3.8, 4) is 11.8 Å². The summed E-state index contributed by atoms with van der Waals surface area (Å²) < 4.78 is 5.57. The maximum atomic E-state index is 12.8. The van der Waals surface area contributed by atoms with Crippen LogP contribution in [0.3, 0.4) is 0 Å². The molecule has 0 saturated heterocycles. The minimum absolute atomic E-state index is 0.325. The van der Waals surface area contributed by atoms with Gasteiger partial charge in [0, 0.05) is 18.5 Å². The fourth-order valence-electron chi connectivity index (χ4n) is 3.70. The molecule has 0 fully saturated rings. The third kappa shape index (κ3) is 3.13. The van der Waals surface area contributed by atoms with Gasteiger partial charge in [0.1, 0.15) is 11.2 Å². The number of rotatable bonds is 5. The predicted molar refractivity (Wildman–Crippen MR) is 107 cm³/mol. The fraction of sp³-hybridized carbons (Fsp3) is 0.217. The van der Waals surface area contributed by atoms with Gasteiger partial charge in [-0.3, -0.25) is 4.79 Å². The summed E-state index contributed by atoms with van der Waals surface area (Å²) in [5.74, 6) is -0.167. The highest BCUT2D eigenvalue weighted by atomic mass is 16.5. The summed E-state index contributed by atoms with van der Waals surface area (Å²) in [4.78, 5) is 12.8. The van der Waals surface area contributed by atoms with Crippen molar-refractivity contribution in [2.75, 3.05) is 14.2 Å². The van der Waals surface area contributed by atoms with Gasteiger partial charge in [-0.1, -0.05) is 60.7 Å². The highest BCUT2D eigenvalue weighted by Crippen LogP contribution is 2.46. The van der Waals surface area contributed by atoms with Gasteiger partial charge in [-0.05, 0) is 29.3 Å². The molecule has 3 aromatic carbocycles. The van der Waals surface area contributed by atoms with E-state index in [-0.39, 0.29) is 5.91 Å². The van der Waals surface area contributed by atoms with Crippen LogP contribution in [0.15, 0.2) is 66.7 Å². The molecule has 1 amide bonds. The molecular weight excluding hydrogens is 336 g/mol. The highest BCUT2D eigenvalue weighted by Gasteiger charge is 2.44. The van der Waals surface area contributed by atoms with Gasteiger partial charge < -0.3 is 10.1 Å². The highest BCUT2D eigenvalue weighted by molar-refractivity contribution is 5.91. The standard InChI is InChI=1S/C23H22N2O2/c1-23(15-24,22(26)25-2)21(19-12-6-7-14-20(19)27-3)18-13-8-10-16-9-4-5-11-17(16)18/h4-14,21H,1-3H3,(H,25,26)/t21?,23-/m1/s1. The van der Waals surface area contributed by atoms with Crippen molar-refractivity contribution >= 4 is 16.7 Å². The van der Waals surface area contributed by atoms with Gasteiger partial charge in [-0.2, -0.15) is 5.26 Å². The van der Waals surface area contributed by atoms with Crippen molar-refractivity contribution in [3.63, 3.8) is 0 Å². The zero-order valence-electron chi connectivity index (χ0n) is 15.7. The van der Waals surface area contributed by atoms with Crippen LogP contribution in [-0.4, -0.2) is 20.1 Å². The first-order valence-corrected chi connectivity index (χ1v) is 8.80. The van der Waals surface area contributed by atoms with Gasteiger partial charge in [0.05, 0.1) is 13.2 Å². The molecule has 3 rings (SSSR count). The van der Waals surface area contributed by atoms with E-state index in [1.807, 2.05) is 66.7 Å². The van der Waals surface area contributed by atoms with Gasteiger partial charge >= 0.3 is 0 Å². The maximum Gasteiger partial charge on any atom is 0.240 e. The molecule has 0 aliphatic rings. The number of benzene rings is 3. The van der Waals surface area contributed by atoms with E-state index >= 15 is 0 Å². The Morgan fingerprint density at radius 3 is 2.37 bits per heavy atom. The van der Waals surface area contributed by atoms with Crippen molar-refractivity contribution in [2.45, 2.75) is 12.8 Å². The first kappa shape index (κ1) is 18.5. The van der Waals surface area contributed by atoms with Gasteiger partial charge in [-0.25, -0.2) is 0 Å². The molecule has 0 aliphatic carbocycles. The van der Waals surface area contributed by atoms with Crippen LogP contribution >= 0.6 is 0 Å². The van der Waals surface area contributed by atoms with Crippen LogP contribution in [0, 0.1) is 16.7 Å². The first-order chi connectivity index (χ1) is 13.1. The molecule has 0 aliphatic heterocycles. The monoisotopic (exact) mass is 358 g/mol. The second-order valence-corrected chi connectivity index (χ2v) is 6.64. The molecule has 3 aromatic rings. The SMILES string of the molecule is CNC(=O)[C@](C)(C#N)C(c1ccccc1OC)c1cccc2ccccc12. The van der Waals surface area contributed by atoms with Crippen molar-refractivity contribution in [1.29, 1.82) is 5.26 Å². The Labute approximate surface area is 159 Å². The molecule has 0 heterocycles. The van der Waals surface area contributed by atoms with Crippen LogP contribution in [0.1, 0.15) is 24.0 Å². The predicted octanol–water partition coefficient (Wildman–Crippen LogP) is 4.26. The van der Waals surface area contributed by atoms with Gasteiger partial charge in [-0.15, -0.1) is 0 Å². The molecule has 0 bridgehead atoms. The Kier molecular flexibility index (Phi) is 5.14. The second-order valence-electron chi connectivity index (χ2n) is 6.64. The van der Waals surface area contributed by atoms with Crippen LogP contribution in [0.25, 0.3) is 10.8 Å². The Balaban J connectivity index is 2.38. The summed E-state index contributed by atoms with van der Waals surface area (Å²) in [5, 5.41) is 14.8. The number of ether oxygens (including phenoxy) is 1. The minimum atomic E-state index is -1.31. The van der Waals surface area contributed by atoms with E-state index in [2.05, 4.69) is 11.4 Å². The first-order valence-electron chi connectivity index (χ1n) is 8.80. The summed E-state index contributed by atoms with van der Waals surface area (Å²) in [6.07, 6.45) is 0. The number of methoxy groups -OCH3 is 1. The quantitative estimate of drug-likeness (QED) is 0.741. The summed E-state index contributed by atoms with van der Waals surface area (Å²) in [5.41, 5.74) is 0.419. The summed E-state index contributed by atoms with van der Waals surface area (Å²) in [6.45, 7) is 1.69. The van der Waals surface area contributed by atoms with Crippen LogP contribution in [0.5, 0.6) is 5.75 Å². The lowest BCUT2D eigenvalue weighted by atomic mass is 9.69. The van der Waals surface area contributed by atoms with E-state index in [9.17, 15) is 10.1 Å². The van der Waals surface area contributed by atoms with Crippen LogP contribution in [0.4, 0.5) is 0 Å². The lowest BCUT2D eigenvalue weighted by Gasteiger charge is -2.32. The molecule has 4 heteroatoms. The fourth-order valence-corrected chi connectivity index (χ4v) is 3.70. The van der Waals surface area contributed by atoms with Gasteiger partial charge in [0.2, 0.25) is 5.91 Å². The Morgan fingerprint density at radius 2 is 1.67 bits per heavy atom. The van der Waals surface area contributed by atoms with Gasteiger partial charge in [0.25, 0.3) is 0 Å². The third-order valence-electron chi connectivity index (χ3n) is 5.09. The molecule has 1 unspecified atom stereocenters. The summed E-state index contributed by atoms with van der Waals surface area (Å²) in [7, 11) is 3.16. The van der Waals surface area contributed by atoms with Crippen LogP contribution < -0.4 is 10.1 Å². The third-order valence-corrected chi connectivity index (χ3v) is 5.09. The minimum Gasteiger partial charge on any atom is -0.496 e. The van der Waals surface area contributed by atoms with Crippen LogP contribution in [-0.2, 0) is 4.79 Å². The molecular formula is C23H22N2O2. The lowest BCUT2D eigenvalue weighted by molar-refractivity contribution is -0.127. The van der Waals surface area contributed by atoms with Crippen molar-refractivity contribution in [1.82, 2.24) is 5.32 Å². The van der Waals surface area contributed by atoms with E-state index in [0.717, 1.165) is 21.9 Å². The number of carbonyl (C=O) groups excluding carboxylic acids is 1. The zero-order valence-corrected chi connectivity index (χ0v) is 15.7. The molecule has 136 valence electrons. The number of fused-ring (bicyclic) bond motifs is 1. The smallest absolute Gasteiger partial charge is 0.240 e. The van der Waals surface area contributed by atoms with Crippen molar-refractivity contribution in [2.24, 2.45) is 5.41 Å². The van der Waals surface area contributed by atoms with Crippen molar-refractivity contribution in [3.05, 3.63) is 77.9 Å². The molecule has 0 spiro atoms. The zero-order chi connectivity index (χ0) is 19.4. The molecule has 1 N–H and O–H groups in total. The van der Waals surface area contributed by atoms with Crippen molar-refractivity contribution < 1.29 is 9.53 Å². The number of nitrogens with zero attached hydrogens (tertiary/aromatic N) is 1. The van der Waals surface area contributed by atoms with E-state index in [1.54, 1.807) is 21.1 Å². The Bertz CT molecular complexity index is 1020. The number of carbonyl (C=O) groups is 1. The Hall–Kier alpha value is -3.32. The number of hydrogen-bond donors (Lipinski definition) is 1. The van der Waals surface area contributed by atoms with E-state index in [1.165, 1.54) is 0 Å². The molecule has 0 saturated carbocycles. The maximum absolute atomic E-state index is 12.8. The largest absolute Gasteiger partial charge is 0.496 e. The molecule has 2 atom stereocenters. The average Bonchev–Trinajstić information content (AvgIpc) is 2.73. The number of nitrogens with one attached hydrogen (secondary N) is 1. The number of nitriles is 1. The van der Waals surface area contributed by atoms with E-state index in [4.69, 9.17) is 4.74 Å².